The van der Waals surface area contributed by atoms with Gasteiger partial charge in [0.25, 0.3) is 0 Å². The van der Waals surface area contributed by atoms with Gasteiger partial charge in [-0.25, -0.2) is 4.79 Å². The topological polar surface area (TPSA) is 201 Å². The number of rotatable bonds is 10. The van der Waals surface area contributed by atoms with Gasteiger partial charge in [-0.05, 0) is 51.1 Å². The number of amides is 1. The van der Waals surface area contributed by atoms with Crippen molar-refractivity contribution in [2.24, 2.45) is 5.92 Å². The van der Waals surface area contributed by atoms with Gasteiger partial charge < -0.3 is 36.9 Å². The van der Waals surface area contributed by atoms with Gasteiger partial charge in [0.1, 0.15) is 17.5 Å². The highest BCUT2D eigenvalue weighted by atomic mass is 16.4. The van der Waals surface area contributed by atoms with Crippen LogP contribution < -0.4 is 16.8 Å². The van der Waals surface area contributed by atoms with Crippen molar-refractivity contribution in [3.8, 4) is 0 Å². The molecule has 12 nitrogen and oxygen atoms in total. The van der Waals surface area contributed by atoms with E-state index in [1.165, 1.54) is 0 Å². The Morgan fingerprint density at radius 1 is 1.21 bits per heavy atom. The Balaban J connectivity index is 1.49. The number of carboxylic acid groups (broad SMARTS) is 2. The summed E-state index contributed by atoms with van der Waals surface area (Å²) in [5, 5.41) is 21.3. The number of anilines is 2. The third kappa shape index (κ3) is 6.09. The second kappa shape index (κ2) is 10.5. The highest BCUT2D eigenvalue weighted by Gasteiger charge is 2.30. The fourth-order valence-corrected chi connectivity index (χ4v) is 4.41. The minimum absolute atomic E-state index is 0.128. The van der Waals surface area contributed by atoms with E-state index in [1.54, 1.807) is 0 Å². The number of hydrogen-bond acceptors (Lipinski definition) is 8. The zero-order valence-electron chi connectivity index (χ0n) is 18.6. The summed E-state index contributed by atoms with van der Waals surface area (Å²) >= 11 is 0. The minimum Gasteiger partial charge on any atom is -0.481 e. The molecule has 1 atom stereocenters. The number of nitrogens with two attached hydrogens (primary N) is 2. The van der Waals surface area contributed by atoms with Gasteiger partial charge in [0.2, 0.25) is 11.9 Å². The van der Waals surface area contributed by atoms with Gasteiger partial charge in [-0.1, -0.05) is 0 Å². The van der Waals surface area contributed by atoms with Crippen LogP contribution in [0.25, 0.3) is 11.0 Å². The quantitative estimate of drug-likeness (QED) is 0.291. The maximum atomic E-state index is 12.5. The summed E-state index contributed by atoms with van der Waals surface area (Å²) < 4.78 is 0. The van der Waals surface area contributed by atoms with E-state index >= 15 is 0 Å². The molecule has 33 heavy (non-hydrogen) atoms. The number of nitrogen functional groups attached to an aromatic ring is 2. The molecule has 12 heteroatoms. The number of hydrogen-bond donors (Lipinski definition) is 6. The lowest BCUT2D eigenvalue weighted by Crippen LogP contribution is -2.46. The zero-order chi connectivity index (χ0) is 24.1. The van der Waals surface area contributed by atoms with E-state index < -0.39 is 18.0 Å². The number of carbonyl (C=O) groups is 3. The largest absolute Gasteiger partial charge is 0.481 e. The van der Waals surface area contributed by atoms with Crippen LogP contribution in [0.2, 0.25) is 0 Å². The molecule has 1 fully saturated rings. The molecule has 1 aliphatic carbocycles. The molecule has 2 aromatic rings. The first kappa shape index (κ1) is 24.2. The van der Waals surface area contributed by atoms with Crippen LogP contribution >= 0.6 is 0 Å². The normalized spacial score (nSPS) is 19.5. The van der Waals surface area contributed by atoms with E-state index in [0.717, 1.165) is 36.8 Å². The van der Waals surface area contributed by atoms with Gasteiger partial charge in [0.05, 0.1) is 5.39 Å². The Hall–Kier alpha value is -3.41. The van der Waals surface area contributed by atoms with E-state index in [1.807, 2.05) is 13.2 Å². The van der Waals surface area contributed by atoms with Crippen molar-refractivity contribution in [3.05, 3.63) is 11.8 Å². The van der Waals surface area contributed by atoms with Crippen LogP contribution in [0.4, 0.5) is 11.8 Å². The van der Waals surface area contributed by atoms with Crippen LogP contribution in [0.5, 0.6) is 0 Å². The highest BCUT2D eigenvalue weighted by molar-refractivity contribution is 5.90. The summed E-state index contributed by atoms with van der Waals surface area (Å²) in [6.07, 6.45) is 5.11. The van der Waals surface area contributed by atoms with E-state index in [0.29, 0.717) is 30.3 Å². The van der Waals surface area contributed by atoms with Crippen LogP contribution in [0.1, 0.15) is 44.1 Å². The van der Waals surface area contributed by atoms with Gasteiger partial charge in [-0.3, -0.25) is 9.59 Å². The molecule has 0 saturated heterocycles. The highest BCUT2D eigenvalue weighted by Crippen LogP contribution is 2.28. The lowest BCUT2D eigenvalue weighted by molar-refractivity contribution is -0.144. The van der Waals surface area contributed by atoms with Crippen molar-refractivity contribution < 1.29 is 24.6 Å². The first-order valence-corrected chi connectivity index (χ1v) is 11.0. The monoisotopic (exact) mass is 461 g/mol. The van der Waals surface area contributed by atoms with Crippen LogP contribution in [-0.2, 0) is 20.8 Å². The third-order valence-corrected chi connectivity index (χ3v) is 6.34. The van der Waals surface area contributed by atoms with E-state index in [9.17, 15) is 19.5 Å². The molecule has 0 bridgehead atoms. The summed E-state index contributed by atoms with van der Waals surface area (Å²) in [7, 11) is 2.05. The van der Waals surface area contributed by atoms with Crippen molar-refractivity contribution in [1.29, 1.82) is 0 Å². The SMILES string of the molecule is CN(CCc1c[nH]c2nc(N)nc(N)c12)C1CCC(C(=O)N[C@@H](CCC(=O)O)C(=O)O)CC1. The molecular formula is C21H31N7O5. The molecule has 2 heterocycles. The van der Waals surface area contributed by atoms with Crippen LogP contribution in [-0.4, -0.2) is 73.6 Å². The van der Waals surface area contributed by atoms with Crippen molar-refractivity contribution in [2.45, 2.75) is 57.0 Å². The lowest BCUT2D eigenvalue weighted by Gasteiger charge is -2.34. The molecular weight excluding hydrogens is 430 g/mol. The molecule has 8 N–H and O–H groups in total. The van der Waals surface area contributed by atoms with Crippen molar-refractivity contribution in [3.63, 3.8) is 0 Å². The molecule has 0 aliphatic heterocycles. The first-order chi connectivity index (χ1) is 15.7. The summed E-state index contributed by atoms with van der Waals surface area (Å²) in [6.45, 7) is 0.786. The Labute approximate surface area is 190 Å². The van der Waals surface area contributed by atoms with Crippen molar-refractivity contribution in [1.82, 2.24) is 25.2 Å². The van der Waals surface area contributed by atoms with Crippen molar-refractivity contribution >= 4 is 40.6 Å². The second-order valence-corrected chi connectivity index (χ2v) is 8.57. The fourth-order valence-electron chi connectivity index (χ4n) is 4.41. The summed E-state index contributed by atoms with van der Waals surface area (Å²) in [5.74, 6) is -2.41. The second-order valence-electron chi connectivity index (χ2n) is 8.57. The average molecular weight is 462 g/mol. The maximum absolute atomic E-state index is 12.5. The molecule has 0 unspecified atom stereocenters. The predicted molar refractivity (Wildman–Crippen MR) is 121 cm³/mol. The summed E-state index contributed by atoms with van der Waals surface area (Å²) in [4.78, 5) is 48.1. The molecule has 3 rings (SSSR count). The molecule has 0 aromatic carbocycles. The van der Waals surface area contributed by atoms with Crippen LogP contribution in [0.15, 0.2) is 6.20 Å². The predicted octanol–water partition coefficient (Wildman–Crippen LogP) is 0.590. The molecule has 180 valence electrons. The Morgan fingerprint density at radius 3 is 2.55 bits per heavy atom. The number of fused-ring (bicyclic) bond motifs is 1. The van der Waals surface area contributed by atoms with Gasteiger partial charge >= 0.3 is 11.9 Å². The lowest BCUT2D eigenvalue weighted by atomic mass is 9.84. The average Bonchev–Trinajstić information content (AvgIpc) is 3.17. The minimum atomic E-state index is -1.22. The van der Waals surface area contributed by atoms with Gasteiger partial charge in [-0.2, -0.15) is 9.97 Å². The number of H-pyrrole nitrogens is 1. The zero-order valence-corrected chi connectivity index (χ0v) is 18.6. The van der Waals surface area contributed by atoms with Gasteiger partial charge in [-0.15, -0.1) is 0 Å². The number of nitrogens with one attached hydrogen (secondary N) is 2. The molecule has 1 saturated carbocycles. The van der Waals surface area contributed by atoms with Gasteiger partial charge in [0.15, 0.2) is 0 Å². The van der Waals surface area contributed by atoms with E-state index in [2.05, 4.69) is 25.2 Å². The molecule has 0 radical (unpaired) electrons. The van der Waals surface area contributed by atoms with E-state index in [-0.39, 0.29) is 30.6 Å². The number of carbonyl (C=O) groups excluding carboxylic acids is 1. The van der Waals surface area contributed by atoms with Crippen LogP contribution in [0, 0.1) is 5.92 Å². The molecule has 2 aromatic heterocycles. The summed E-state index contributed by atoms with van der Waals surface area (Å²) in [5.41, 5.74) is 13.3. The van der Waals surface area contributed by atoms with Gasteiger partial charge in [0, 0.05) is 31.1 Å². The molecule has 0 spiro atoms. The van der Waals surface area contributed by atoms with E-state index in [4.69, 9.17) is 16.6 Å². The number of aromatic nitrogens is 3. The van der Waals surface area contributed by atoms with Crippen molar-refractivity contribution in [2.75, 3.05) is 25.1 Å². The van der Waals surface area contributed by atoms with Crippen LogP contribution in [0.3, 0.4) is 0 Å². The Kier molecular flexibility index (Phi) is 7.69. The number of aromatic amines is 1. The molecule has 1 aliphatic rings. The third-order valence-electron chi connectivity index (χ3n) is 6.34. The molecule has 1 amide bonds. The smallest absolute Gasteiger partial charge is 0.326 e. The fraction of sp³-hybridized carbons (Fsp3) is 0.571. The first-order valence-electron chi connectivity index (χ1n) is 11.0. The maximum Gasteiger partial charge on any atom is 0.326 e. The summed E-state index contributed by atoms with van der Waals surface area (Å²) in [6, 6.07) is -0.872. The standard InChI is InChI=1S/C21H31N7O5/c1-28(9-8-12-10-24-18-16(12)17(22)26-21(23)27-18)13-4-2-11(3-5-13)19(31)25-14(20(32)33)6-7-15(29)30/h10-11,13-14H,2-9H2,1H3,(H,25,31)(H,29,30)(H,32,33)(H5,22,23,24,26,27)/t11?,13?,14-/m0/s1. The Bertz CT molecular complexity index is 1020. The Morgan fingerprint density at radius 2 is 1.91 bits per heavy atom. The number of nitrogens with zero attached hydrogens (tertiary/aromatic N) is 3. The number of aliphatic carboxylic acids is 2. The number of carboxylic acids is 2. The number of likely N-dealkylation sites (N-methyl/N-ethyl adjacent to an activating group) is 1.